The molecule has 0 radical (unpaired) electrons. The molecule has 0 atom stereocenters. The van der Waals surface area contributed by atoms with Gasteiger partial charge in [0.05, 0.1) is 6.54 Å². The second kappa shape index (κ2) is 11.0. The van der Waals surface area contributed by atoms with E-state index in [-0.39, 0.29) is 5.91 Å². The summed E-state index contributed by atoms with van der Waals surface area (Å²) in [6, 6.07) is 11.8. The van der Waals surface area contributed by atoms with E-state index in [0.29, 0.717) is 12.1 Å². The van der Waals surface area contributed by atoms with Crippen molar-refractivity contribution in [3.8, 4) is 0 Å². The van der Waals surface area contributed by atoms with Crippen LogP contribution >= 0.6 is 0 Å². The predicted molar refractivity (Wildman–Crippen MR) is 120 cm³/mol. The third-order valence-electron chi connectivity index (χ3n) is 4.32. The van der Waals surface area contributed by atoms with Crippen molar-refractivity contribution < 1.29 is 4.79 Å². The maximum absolute atomic E-state index is 12.1. The molecule has 156 valence electrons. The Balaban J connectivity index is 1.96. The normalized spacial score (nSPS) is 11.1. The fraction of sp³-hybridized carbons (Fsp3) is 0.409. The van der Waals surface area contributed by atoms with Gasteiger partial charge in [0.1, 0.15) is 5.82 Å². The second-order valence-corrected chi connectivity index (χ2v) is 7.19. The van der Waals surface area contributed by atoms with E-state index in [4.69, 9.17) is 0 Å². The van der Waals surface area contributed by atoms with E-state index in [1.165, 1.54) is 0 Å². The van der Waals surface area contributed by atoms with Crippen LogP contribution in [0.15, 0.2) is 47.6 Å². The molecule has 0 saturated carbocycles. The molecule has 0 spiro atoms. The summed E-state index contributed by atoms with van der Waals surface area (Å²) in [5.74, 6) is 1.71. The number of benzene rings is 1. The molecule has 0 fully saturated rings. The highest BCUT2D eigenvalue weighted by atomic mass is 16.2. The zero-order valence-corrected chi connectivity index (χ0v) is 18.1. The number of aliphatic imine (C=N–C) groups is 1. The SMILES string of the molecule is CCNC(=NCc1ccnc(N(C)C)c1)NCCc1cccc(C(=O)N(C)C)c1. The van der Waals surface area contributed by atoms with E-state index in [2.05, 4.69) is 20.6 Å². The van der Waals surface area contributed by atoms with E-state index in [1.54, 1.807) is 19.0 Å². The van der Waals surface area contributed by atoms with Crippen molar-refractivity contribution in [3.63, 3.8) is 0 Å². The van der Waals surface area contributed by atoms with Crippen molar-refractivity contribution in [1.82, 2.24) is 20.5 Å². The summed E-state index contributed by atoms with van der Waals surface area (Å²) in [4.78, 5) is 24.7. The van der Waals surface area contributed by atoms with Crippen LogP contribution in [0.25, 0.3) is 0 Å². The smallest absolute Gasteiger partial charge is 0.253 e. The molecule has 2 rings (SSSR count). The van der Waals surface area contributed by atoms with Crippen LogP contribution in [0, 0.1) is 0 Å². The Morgan fingerprint density at radius 3 is 2.55 bits per heavy atom. The first kappa shape index (κ1) is 22.2. The van der Waals surface area contributed by atoms with Gasteiger partial charge in [-0.1, -0.05) is 12.1 Å². The fourth-order valence-electron chi connectivity index (χ4n) is 2.76. The largest absolute Gasteiger partial charge is 0.363 e. The van der Waals surface area contributed by atoms with E-state index in [9.17, 15) is 4.79 Å². The van der Waals surface area contributed by atoms with E-state index in [0.717, 1.165) is 42.4 Å². The maximum Gasteiger partial charge on any atom is 0.253 e. The minimum absolute atomic E-state index is 0.0177. The second-order valence-electron chi connectivity index (χ2n) is 7.19. The Bertz CT molecular complexity index is 832. The standard InChI is InChI=1S/C22H32N6O/c1-6-23-22(26-16-18-11-12-24-20(15-18)27(2)3)25-13-10-17-8-7-9-19(14-17)21(29)28(4)5/h7-9,11-12,14-15H,6,10,13,16H2,1-5H3,(H2,23,25,26). The van der Waals surface area contributed by atoms with Crippen LogP contribution in [0.4, 0.5) is 5.82 Å². The minimum atomic E-state index is 0.0177. The van der Waals surface area contributed by atoms with Gasteiger partial charge in [0, 0.05) is 53.0 Å². The van der Waals surface area contributed by atoms with Crippen molar-refractivity contribution >= 4 is 17.7 Å². The zero-order chi connectivity index (χ0) is 21.2. The number of carbonyl (C=O) groups excluding carboxylic acids is 1. The van der Waals surface area contributed by atoms with Crippen LogP contribution in [0.2, 0.25) is 0 Å². The molecule has 0 saturated heterocycles. The Morgan fingerprint density at radius 1 is 1.07 bits per heavy atom. The predicted octanol–water partition coefficient (Wildman–Crippen LogP) is 2.15. The quantitative estimate of drug-likeness (QED) is 0.528. The first-order chi connectivity index (χ1) is 13.9. The average molecular weight is 397 g/mol. The lowest BCUT2D eigenvalue weighted by atomic mass is 10.1. The zero-order valence-electron chi connectivity index (χ0n) is 18.1. The number of nitrogens with zero attached hydrogens (tertiary/aromatic N) is 4. The van der Waals surface area contributed by atoms with E-state index < -0.39 is 0 Å². The third-order valence-corrected chi connectivity index (χ3v) is 4.32. The van der Waals surface area contributed by atoms with Crippen LogP contribution in [0.5, 0.6) is 0 Å². The van der Waals surface area contributed by atoms with Crippen molar-refractivity contribution in [1.29, 1.82) is 0 Å². The topological polar surface area (TPSA) is 72.9 Å². The minimum Gasteiger partial charge on any atom is -0.363 e. The summed E-state index contributed by atoms with van der Waals surface area (Å²) in [6.45, 7) is 4.14. The lowest BCUT2D eigenvalue weighted by molar-refractivity contribution is 0.0827. The fourth-order valence-corrected chi connectivity index (χ4v) is 2.76. The molecule has 0 aliphatic heterocycles. The van der Waals surface area contributed by atoms with Crippen LogP contribution in [-0.4, -0.2) is 63.0 Å². The summed E-state index contributed by atoms with van der Waals surface area (Å²) < 4.78 is 0. The van der Waals surface area contributed by atoms with E-state index in [1.807, 2.05) is 68.5 Å². The number of anilines is 1. The van der Waals surface area contributed by atoms with Gasteiger partial charge in [-0.2, -0.15) is 0 Å². The number of guanidine groups is 1. The van der Waals surface area contributed by atoms with E-state index >= 15 is 0 Å². The number of amides is 1. The Labute approximate surface area is 173 Å². The van der Waals surface area contributed by atoms with Gasteiger partial charge >= 0.3 is 0 Å². The molecule has 0 unspecified atom stereocenters. The van der Waals surface area contributed by atoms with Gasteiger partial charge in [0.25, 0.3) is 5.91 Å². The van der Waals surface area contributed by atoms with Crippen molar-refractivity contribution in [2.75, 3.05) is 46.2 Å². The Morgan fingerprint density at radius 2 is 1.86 bits per heavy atom. The van der Waals surface area contributed by atoms with Gasteiger partial charge in [-0.05, 0) is 48.7 Å². The molecule has 2 aromatic rings. The molecule has 1 aromatic heterocycles. The average Bonchev–Trinajstić information content (AvgIpc) is 2.71. The van der Waals surface area contributed by atoms with Crippen molar-refractivity contribution in [3.05, 3.63) is 59.3 Å². The molecule has 1 aromatic carbocycles. The van der Waals surface area contributed by atoms with Crippen molar-refractivity contribution in [2.24, 2.45) is 4.99 Å². The van der Waals surface area contributed by atoms with Crippen LogP contribution < -0.4 is 15.5 Å². The lowest BCUT2D eigenvalue weighted by Crippen LogP contribution is -2.38. The molecule has 1 heterocycles. The molecule has 2 N–H and O–H groups in total. The highest BCUT2D eigenvalue weighted by molar-refractivity contribution is 5.94. The Hall–Kier alpha value is -3.09. The van der Waals surface area contributed by atoms with Gasteiger partial charge in [-0.15, -0.1) is 0 Å². The summed E-state index contributed by atoms with van der Waals surface area (Å²) in [5.41, 5.74) is 2.93. The lowest BCUT2D eigenvalue weighted by Gasteiger charge is -2.14. The first-order valence-corrected chi connectivity index (χ1v) is 9.85. The molecular weight excluding hydrogens is 364 g/mol. The molecule has 0 aliphatic carbocycles. The van der Waals surface area contributed by atoms with Crippen LogP contribution in [-0.2, 0) is 13.0 Å². The van der Waals surface area contributed by atoms with Gasteiger partial charge in [-0.3, -0.25) is 4.79 Å². The highest BCUT2D eigenvalue weighted by Crippen LogP contribution is 2.10. The summed E-state index contributed by atoms with van der Waals surface area (Å²) in [7, 11) is 7.48. The number of aromatic nitrogens is 1. The highest BCUT2D eigenvalue weighted by Gasteiger charge is 2.08. The molecular formula is C22H32N6O. The molecule has 7 nitrogen and oxygen atoms in total. The number of carbonyl (C=O) groups is 1. The number of rotatable bonds is 8. The molecule has 7 heteroatoms. The summed E-state index contributed by atoms with van der Waals surface area (Å²) >= 11 is 0. The van der Waals surface area contributed by atoms with Gasteiger partial charge in [-0.25, -0.2) is 9.98 Å². The molecule has 1 amide bonds. The number of pyridine rings is 1. The van der Waals surface area contributed by atoms with Crippen LogP contribution in [0.3, 0.4) is 0 Å². The molecule has 29 heavy (non-hydrogen) atoms. The maximum atomic E-state index is 12.1. The van der Waals surface area contributed by atoms with Crippen molar-refractivity contribution in [2.45, 2.75) is 19.9 Å². The molecule has 0 bridgehead atoms. The monoisotopic (exact) mass is 396 g/mol. The van der Waals surface area contributed by atoms with Gasteiger partial charge in [0.2, 0.25) is 0 Å². The number of hydrogen-bond acceptors (Lipinski definition) is 4. The summed E-state index contributed by atoms with van der Waals surface area (Å²) in [6.07, 6.45) is 2.61. The summed E-state index contributed by atoms with van der Waals surface area (Å²) in [5, 5.41) is 6.64. The Kier molecular flexibility index (Phi) is 8.45. The molecule has 0 aliphatic rings. The first-order valence-electron chi connectivity index (χ1n) is 9.85. The number of hydrogen-bond donors (Lipinski definition) is 2. The van der Waals surface area contributed by atoms with Gasteiger partial charge < -0.3 is 20.4 Å². The van der Waals surface area contributed by atoms with Gasteiger partial charge in [0.15, 0.2) is 5.96 Å². The third kappa shape index (κ3) is 7.10. The number of nitrogens with one attached hydrogen (secondary N) is 2. The van der Waals surface area contributed by atoms with Crippen LogP contribution in [0.1, 0.15) is 28.4 Å².